The second kappa shape index (κ2) is 6.98. The van der Waals surface area contributed by atoms with Crippen molar-refractivity contribution in [2.75, 3.05) is 0 Å². The van der Waals surface area contributed by atoms with E-state index in [0.29, 0.717) is 15.6 Å². The van der Waals surface area contributed by atoms with Crippen molar-refractivity contribution in [3.05, 3.63) is 69.7 Å². The van der Waals surface area contributed by atoms with E-state index in [1.165, 1.54) is 18.3 Å². The van der Waals surface area contributed by atoms with Gasteiger partial charge in [0, 0.05) is 17.0 Å². The maximum atomic E-state index is 12.2. The zero-order valence-corrected chi connectivity index (χ0v) is 15.6. The number of thiophene rings is 1. The van der Waals surface area contributed by atoms with Crippen LogP contribution < -0.4 is 4.74 Å². The largest absolute Gasteiger partial charge is 0.427 e. The number of benzene rings is 2. The molecule has 0 aliphatic carbocycles. The van der Waals surface area contributed by atoms with E-state index in [0.717, 1.165) is 15.6 Å². The zero-order chi connectivity index (χ0) is 19.0. The van der Waals surface area contributed by atoms with Gasteiger partial charge in [0.25, 0.3) is 0 Å². The normalized spacial score (nSPS) is 15.1. The Morgan fingerprint density at radius 2 is 1.93 bits per heavy atom. The third-order valence-corrected chi connectivity index (χ3v) is 5.46. The Kier molecular flexibility index (Phi) is 4.51. The number of ether oxygens (including phenoxy) is 2. The Bertz CT molecular complexity index is 1130. The molecule has 2 heterocycles. The summed E-state index contributed by atoms with van der Waals surface area (Å²) in [5, 5.41) is 1.42. The zero-order valence-electron chi connectivity index (χ0n) is 14.1. The van der Waals surface area contributed by atoms with Crippen LogP contribution in [0.3, 0.4) is 0 Å². The molecule has 0 radical (unpaired) electrons. The van der Waals surface area contributed by atoms with Crippen LogP contribution in [0.15, 0.2) is 59.2 Å². The molecule has 0 atom stereocenters. The van der Waals surface area contributed by atoms with Gasteiger partial charge in [-0.1, -0.05) is 41.9 Å². The lowest BCUT2D eigenvalue weighted by atomic mass is 10.2. The molecule has 0 unspecified atom stereocenters. The summed E-state index contributed by atoms with van der Waals surface area (Å²) in [5.74, 6) is -0.300. The van der Waals surface area contributed by atoms with Crippen molar-refractivity contribution in [1.82, 2.24) is 0 Å². The SMILES string of the molecule is CC(=O)Oc1ccc(/C=C2\N=C(c3sc4ccccc4c3Cl)OC2=O)cc1. The summed E-state index contributed by atoms with van der Waals surface area (Å²) >= 11 is 7.85. The maximum absolute atomic E-state index is 12.2. The van der Waals surface area contributed by atoms with Crippen molar-refractivity contribution in [2.45, 2.75) is 6.92 Å². The average Bonchev–Trinajstić information content (AvgIpc) is 3.17. The van der Waals surface area contributed by atoms with Gasteiger partial charge in [-0.25, -0.2) is 9.79 Å². The Hall–Kier alpha value is -2.96. The van der Waals surface area contributed by atoms with Crippen LogP contribution in [-0.4, -0.2) is 17.8 Å². The molecule has 3 aromatic rings. The van der Waals surface area contributed by atoms with Crippen LogP contribution in [0.1, 0.15) is 17.4 Å². The van der Waals surface area contributed by atoms with Gasteiger partial charge < -0.3 is 9.47 Å². The van der Waals surface area contributed by atoms with Crippen LogP contribution in [0.5, 0.6) is 5.75 Å². The van der Waals surface area contributed by atoms with Gasteiger partial charge in [0.05, 0.1) is 5.02 Å². The first-order valence-corrected chi connectivity index (χ1v) is 9.19. The number of esters is 2. The van der Waals surface area contributed by atoms with Crippen molar-refractivity contribution >= 4 is 56.9 Å². The first-order valence-electron chi connectivity index (χ1n) is 8.00. The van der Waals surface area contributed by atoms with Crippen LogP contribution in [0.2, 0.25) is 5.02 Å². The van der Waals surface area contributed by atoms with E-state index in [2.05, 4.69) is 4.99 Å². The van der Waals surface area contributed by atoms with Crippen molar-refractivity contribution in [2.24, 2.45) is 4.99 Å². The highest BCUT2D eigenvalue weighted by Crippen LogP contribution is 2.37. The number of rotatable bonds is 3. The van der Waals surface area contributed by atoms with Crippen molar-refractivity contribution in [3.8, 4) is 5.75 Å². The lowest BCUT2D eigenvalue weighted by Crippen LogP contribution is -2.04. The average molecular weight is 398 g/mol. The molecule has 1 aliphatic heterocycles. The predicted octanol–water partition coefficient (Wildman–Crippen LogP) is 4.82. The molecule has 0 bridgehead atoms. The lowest BCUT2D eigenvalue weighted by Gasteiger charge is -2.00. The number of cyclic esters (lactones) is 1. The Morgan fingerprint density at radius 1 is 1.19 bits per heavy atom. The number of hydrogen-bond donors (Lipinski definition) is 0. The third-order valence-electron chi connectivity index (χ3n) is 3.79. The van der Waals surface area contributed by atoms with Crippen LogP contribution in [0.25, 0.3) is 16.2 Å². The fourth-order valence-corrected chi connectivity index (χ4v) is 4.05. The van der Waals surface area contributed by atoms with Gasteiger partial charge in [-0.15, -0.1) is 11.3 Å². The number of fused-ring (bicyclic) bond motifs is 1. The van der Waals surface area contributed by atoms with E-state index in [1.807, 2.05) is 24.3 Å². The third kappa shape index (κ3) is 3.49. The highest BCUT2D eigenvalue weighted by atomic mass is 35.5. The molecule has 2 aromatic carbocycles. The Balaban J connectivity index is 1.65. The van der Waals surface area contributed by atoms with Crippen LogP contribution >= 0.6 is 22.9 Å². The van der Waals surface area contributed by atoms with E-state index in [4.69, 9.17) is 21.1 Å². The van der Waals surface area contributed by atoms with E-state index in [1.54, 1.807) is 30.3 Å². The van der Waals surface area contributed by atoms with Crippen LogP contribution in [-0.2, 0) is 14.3 Å². The number of aliphatic imine (C=N–C) groups is 1. The van der Waals surface area contributed by atoms with Crippen LogP contribution in [0.4, 0.5) is 0 Å². The molecule has 7 heteroatoms. The summed E-state index contributed by atoms with van der Waals surface area (Å²) in [6.45, 7) is 1.33. The molecule has 0 amide bonds. The maximum Gasteiger partial charge on any atom is 0.363 e. The second-order valence-corrected chi connectivity index (χ2v) is 7.17. The highest BCUT2D eigenvalue weighted by Gasteiger charge is 2.27. The summed E-state index contributed by atoms with van der Waals surface area (Å²) in [7, 11) is 0. The van der Waals surface area contributed by atoms with E-state index in [9.17, 15) is 9.59 Å². The number of nitrogens with zero attached hydrogens (tertiary/aromatic N) is 1. The van der Waals surface area contributed by atoms with Gasteiger partial charge in [-0.2, -0.15) is 0 Å². The molecule has 0 spiro atoms. The van der Waals surface area contributed by atoms with Gasteiger partial charge in [0.1, 0.15) is 10.6 Å². The van der Waals surface area contributed by atoms with Gasteiger partial charge in [-0.3, -0.25) is 4.79 Å². The predicted molar refractivity (Wildman–Crippen MR) is 105 cm³/mol. The summed E-state index contributed by atoms with van der Waals surface area (Å²) in [6.07, 6.45) is 1.61. The topological polar surface area (TPSA) is 65.0 Å². The quantitative estimate of drug-likeness (QED) is 0.361. The molecule has 0 saturated heterocycles. The lowest BCUT2D eigenvalue weighted by molar-refractivity contribution is -0.132. The molecule has 0 N–H and O–H groups in total. The number of halogens is 1. The molecule has 0 saturated carbocycles. The summed E-state index contributed by atoms with van der Waals surface area (Å²) in [4.78, 5) is 28.1. The van der Waals surface area contributed by atoms with Gasteiger partial charge in [-0.05, 0) is 29.8 Å². The minimum absolute atomic E-state index is 0.179. The molecule has 1 aromatic heterocycles. The van der Waals surface area contributed by atoms with E-state index < -0.39 is 11.9 Å². The summed E-state index contributed by atoms with van der Waals surface area (Å²) in [6, 6.07) is 14.4. The number of carbonyl (C=O) groups is 2. The van der Waals surface area contributed by atoms with Gasteiger partial charge in [0.15, 0.2) is 5.70 Å². The van der Waals surface area contributed by atoms with E-state index in [-0.39, 0.29) is 11.6 Å². The molecular weight excluding hydrogens is 386 g/mol. The number of carbonyl (C=O) groups excluding carboxylic acids is 2. The first kappa shape index (κ1) is 17.5. The molecular formula is C20H12ClNO4S. The van der Waals surface area contributed by atoms with Gasteiger partial charge >= 0.3 is 11.9 Å². The number of hydrogen-bond acceptors (Lipinski definition) is 6. The van der Waals surface area contributed by atoms with Crippen molar-refractivity contribution in [1.29, 1.82) is 0 Å². The molecule has 27 heavy (non-hydrogen) atoms. The summed E-state index contributed by atoms with van der Waals surface area (Å²) in [5.41, 5.74) is 0.907. The summed E-state index contributed by atoms with van der Waals surface area (Å²) < 4.78 is 11.3. The molecule has 1 aliphatic rings. The standard InChI is InChI=1S/C20H12ClNO4S/c1-11(23)25-13-8-6-12(7-9-13)10-15-20(24)26-19(22-15)18-17(21)14-4-2-3-5-16(14)27-18/h2-10H,1H3/b15-10-. The van der Waals surface area contributed by atoms with Crippen molar-refractivity contribution < 1.29 is 19.1 Å². The molecule has 4 rings (SSSR count). The monoisotopic (exact) mass is 397 g/mol. The molecule has 134 valence electrons. The Morgan fingerprint density at radius 3 is 2.63 bits per heavy atom. The first-order chi connectivity index (χ1) is 13.0. The second-order valence-electron chi connectivity index (χ2n) is 5.74. The minimum Gasteiger partial charge on any atom is -0.427 e. The fourth-order valence-electron chi connectivity index (χ4n) is 2.61. The smallest absolute Gasteiger partial charge is 0.363 e. The molecule has 5 nitrogen and oxygen atoms in total. The van der Waals surface area contributed by atoms with Crippen LogP contribution in [0, 0.1) is 0 Å². The van der Waals surface area contributed by atoms with E-state index >= 15 is 0 Å². The van der Waals surface area contributed by atoms with Crippen molar-refractivity contribution in [3.63, 3.8) is 0 Å². The Labute approximate surface area is 163 Å². The highest BCUT2D eigenvalue weighted by molar-refractivity contribution is 7.21. The fraction of sp³-hybridized carbons (Fsp3) is 0.0500. The van der Waals surface area contributed by atoms with Gasteiger partial charge in [0.2, 0.25) is 5.90 Å². The minimum atomic E-state index is -0.539. The molecule has 0 fully saturated rings.